The van der Waals surface area contributed by atoms with E-state index in [1.165, 1.54) is 6.42 Å². The van der Waals surface area contributed by atoms with Gasteiger partial charge in [0.1, 0.15) is 6.73 Å². The lowest BCUT2D eigenvalue weighted by Gasteiger charge is -2.27. The molecule has 5 nitrogen and oxygen atoms in total. The van der Waals surface area contributed by atoms with Gasteiger partial charge in [0.05, 0.1) is 13.2 Å². The standard InChI is InChI=1S/C11H18N2O3/c14-11(13-6-9-5-10(9)7-13)16-8-12-1-3-15-4-2-12/h9-10H,1-8H2. The normalized spacial score (nSPS) is 33.6. The SMILES string of the molecule is O=C(OCN1CCOCC1)N1CC2CC2C1. The quantitative estimate of drug-likeness (QED) is 0.682. The molecule has 2 atom stereocenters. The molecular formula is C11H18N2O3. The van der Waals surface area contributed by atoms with Crippen LogP contribution in [0.1, 0.15) is 6.42 Å². The van der Waals surface area contributed by atoms with Crippen molar-refractivity contribution in [1.29, 1.82) is 0 Å². The van der Waals surface area contributed by atoms with Gasteiger partial charge in [0.2, 0.25) is 0 Å². The highest BCUT2D eigenvalue weighted by atomic mass is 16.6. The number of carbonyl (C=O) groups is 1. The zero-order valence-corrected chi connectivity index (χ0v) is 9.43. The van der Waals surface area contributed by atoms with Crippen LogP contribution in [0.15, 0.2) is 0 Å². The third-order valence-corrected chi connectivity index (χ3v) is 3.71. The highest BCUT2D eigenvalue weighted by molar-refractivity contribution is 5.68. The molecule has 2 heterocycles. The van der Waals surface area contributed by atoms with Crippen LogP contribution in [0.3, 0.4) is 0 Å². The van der Waals surface area contributed by atoms with Crippen molar-refractivity contribution in [3.05, 3.63) is 0 Å². The van der Waals surface area contributed by atoms with E-state index in [1.54, 1.807) is 0 Å². The Morgan fingerprint density at radius 2 is 1.94 bits per heavy atom. The molecule has 0 aromatic carbocycles. The summed E-state index contributed by atoms with van der Waals surface area (Å²) in [6, 6.07) is 0. The van der Waals surface area contributed by atoms with Gasteiger partial charge in [0.15, 0.2) is 0 Å². The molecule has 0 radical (unpaired) electrons. The molecule has 90 valence electrons. The summed E-state index contributed by atoms with van der Waals surface area (Å²) in [5.41, 5.74) is 0. The van der Waals surface area contributed by atoms with E-state index >= 15 is 0 Å². The lowest BCUT2D eigenvalue weighted by molar-refractivity contribution is -0.0168. The summed E-state index contributed by atoms with van der Waals surface area (Å²) in [4.78, 5) is 15.7. The Morgan fingerprint density at radius 3 is 2.62 bits per heavy atom. The summed E-state index contributed by atoms with van der Waals surface area (Å²) >= 11 is 0. The molecule has 16 heavy (non-hydrogen) atoms. The lowest BCUT2D eigenvalue weighted by atomic mass is 10.4. The van der Waals surface area contributed by atoms with Gasteiger partial charge in [-0.25, -0.2) is 4.79 Å². The second-order valence-electron chi connectivity index (χ2n) is 4.93. The fourth-order valence-electron chi connectivity index (χ4n) is 2.52. The molecule has 0 spiro atoms. The molecular weight excluding hydrogens is 208 g/mol. The minimum absolute atomic E-state index is 0.140. The Balaban J connectivity index is 1.39. The van der Waals surface area contributed by atoms with Crippen molar-refractivity contribution in [2.24, 2.45) is 11.8 Å². The molecule has 1 amide bonds. The first-order valence-electron chi connectivity index (χ1n) is 6.05. The Labute approximate surface area is 95.3 Å². The average molecular weight is 226 g/mol. The number of nitrogens with zero attached hydrogens (tertiary/aromatic N) is 2. The van der Waals surface area contributed by atoms with Gasteiger partial charge in [-0.05, 0) is 18.3 Å². The fourth-order valence-corrected chi connectivity index (χ4v) is 2.52. The van der Waals surface area contributed by atoms with Crippen molar-refractivity contribution in [1.82, 2.24) is 9.80 Å². The van der Waals surface area contributed by atoms with E-state index in [-0.39, 0.29) is 6.09 Å². The number of carbonyl (C=O) groups excluding carboxylic acids is 1. The molecule has 0 aromatic heterocycles. The largest absolute Gasteiger partial charge is 0.433 e. The van der Waals surface area contributed by atoms with Crippen LogP contribution >= 0.6 is 0 Å². The van der Waals surface area contributed by atoms with Crippen molar-refractivity contribution >= 4 is 6.09 Å². The Hall–Kier alpha value is -0.810. The third kappa shape index (κ3) is 2.15. The molecule has 3 aliphatic rings. The number of rotatable bonds is 2. The van der Waals surface area contributed by atoms with Crippen molar-refractivity contribution in [2.45, 2.75) is 6.42 Å². The van der Waals surface area contributed by atoms with Crippen molar-refractivity contribution < 1.29 is 14.3 Å². The minimum atomic E-state index is -0.140. The zero-order valence-electron chi connectivity index (χ0n) is 9.43. The molecule has 0 N–H and O–H groups in total. The molecule has 2 aliphatic heterocycles. The molecule has 0 aromatic rings. The predicted octanol–water partition coefficient (Wildman–Crippen LogP) is 0.364. The molecule has 2 saturated heterocycles. The summed E-state index contributed by atoms with van der Waals surface area (Å²) in [5.74, 6) is 1.55. The predicted molar refractivity (Wildman–Crippen MR) is 56.9 cm³/mol. The lowest BCUT2D eigenvalue weighted by Crippen LogP contribution is -2.40. The molecule has 0 bridgehead atoms. The van der Waals surface area contributed by atoms with E-state index in [0.717, 1.165) is 51.2 Å². The van der Waals surface area contributed by atoms with E-state index in [2.05, 4.69) is 4.90 Å². The molecule has 1 aliphatic carbocycles. The molecule has 1 saturated carbocycles. The third-order valence-electron chi connectivity index (χ3n) is 3.71. The molecule has 5 heteroatoms. The topological polar surface area (TPSA) is 42.0 Å². The summed E-state index contributed by atoms with van der Waals surface area (Å²) in [5, 5.41) is 0. The summed E-state index contributed by atoms with van der Waals surface area (Å²) in [6.07, 6.45) is 1.17. The van der Waals surface area contributed by atoms with Gasteiger partial charge in [0, 0.05) is 26.2 Å². The Morgan fingerprint density at radius 1 is 1.25 bits per heavy atom. The number of hydrogen-bond acceptors (Lipinski definition) is 4. The number of hydrogen-bond donors (Lipinski definition) is 0. The highest BCUT2D eigenvalue weighted by Crippen LogP contribution is 2.44. The second-order valence-corrected chi connectivity index (χ2v) is 4.93. The fraction of sp³-hybridized carbons (Fsp3) is 0.909. The van der Waals surface area contributed by atoms with Crippen LogP contribution in [0, 0.1) is 11.8 Å². The van der Waals surface area contributed by atoms with E-state index in [1.807, 2.05) is 4.90 Å². The van der Waals surface area contributed by atoms with Crippen molar-refractivity contribution in [3.63, 3.8) is 0 Å². The first-order valence-corrected chi connectivity index (χ1v) is 6.05. The Kier molecular flexibility index (Phi) is 2.73. The first-order chi connectivity index (χ1) is 7.83. The van der Waals surface area contributed by atoms with Gasteiger partial charge < -0.3 is 14.4 Å². The van der Waals surface area contributed by atoms with Gasteiger partial charge in [-0.1, -0.05) is 0 Å². The minimum Gasteiger partial charge on any atom is -0.433 e. The summed E-state index contributed by atoms with van der Waals surface area (Å²) in [7, 11) is 0. The summed E-state index contributed by atoms with van der Waals surface area (Å²) < 4.78 is 10.5. The van der Waals surface area contributed by atoms with Gasteiger partial charge in [-0.2, -0.15) is 0 Å². The van der Waals surface area contributed by atoms with E-state index in [9.17, 15) is 4.79 Å². The zero-order chi connectivity index (χ0) is 11.0. The second kappa shape index (κ2) is 4.22. The molecule has 2 unspecified atom stereocenters. The van der Waals surface area contributed by atoms with Crippen molar-refractivity contribution in [2.75, 3.05) is 46.1 Å². The van der Waals surface area contributed by atoms with Crippen LogP contribution in [0.2, 0.25) is 0 Å². The Bertz CT molecular complexity index is 268. The number of ether oxygens (including phenoxy) is 2. The number of morpholine rings is 1. The first kappa shape index (κ1) is 10.4. The van der Waals surface area contributed by atoms with E-state index in [0.29, 0.717) is 6.73 Å². The maximum Gasteiger partial charge on any atom is 0.411 e. The maximum atomic E-state index is 11.7. The van der Waals surface area contributed by atoms with Crippen LogP contribution in [0.5, 0.6) is 0 Å². The van der Waals surface area contributed by atoms with Crippen LogP contribution in [0.4, 0.5) is 4.79 Å². The van der Waals surface area contributed by atoms with Gasteiger partial charge in [0.25, 0.3) is 0 Å². The number of piperidine rings is 1. The van der Waals surface area contributed by atoms with Crippen molar-refractivity contribution in [3.8, 4) is 0 Å². The smallest absolute Gasteiger partial charge is 0.411 e. The maximum absolute atomic E-state index is 11.7. The van der Waals surface area contributed by atoms with E-state index < -0.39 is 0 Å². The van der Waals surface area contributed by atoms with Crippen LogP contribution in [-0.4, -0.2) is 62.0 Å². The van der Waals surface area contributed by atoms with Gasteiger partial charge >= 0.3 is 6.09 Å². The molecule has 3 fully saturated rings. The van der Waals surface area contributed by atoms with Crippen LogP contribution in [0.25, 0.3) is 0 Å². The number of fused-ring (bicyclic) bond motifs is 1. The average Bonchev–Trinajstić information content (AvgIpc) is 2.94. The van der Waals surface area contributed by atoms with Gasteiger partial charge in [-0.15, -0.1) is 0 Å². The number of amides is 1. The van der Waals surface area contributed by atoms with Crippen LogP contribution in [-0.2, 0) is 9.47 Å². The highest BCUT2D eigenvalue weighted by Gasteiger charge is 2.47. The van der Waals surface area contributed by atoms with E-state index in [4.69, 9.17) is 9.47 Å². The summed E-state index contributed by atoms with van der Waals surface area (Å²) in [6.45, 7) is 5.43. The number of likely N-dealkylation sites (tertiary alicyclic amines) is 1. The monoisotopic (exact) mass is 226 g/mol. The van der Waals surface area contributed by atoms with Crippen LogP contribution < -0.4 is 0 Å². The van der Waals surface area contributed by atoms with Gasteiger partial charge in [-0.3, -0.25) is 4.90 Å². The molecule has 3 rings (SSSR count).